The number of piperidine rings is 1. The molecular weight excluding hydrogens is 338 g/mol. The first kappa shape index (κ1) is 21.5. The first-order valence-electron chi connectivity index (χ1n) is 8.86. The van der Waals surface area contributed by atoms with E-state index in [9.17, 15) is 9.59 Å². The minimum Gasteiger partial charge on any atom is -0.352 e. The van der Waals surface area contributed by atoms with Gasteiger partial charge in [-0.15, -0.1) is 12.4 Å². The molecule has 1 aliphatic rings. The summed E-state index contributed by atoms with van der Waals surface area (Å²) < 4.78 is 0. The highest BCUT2D eigenvalue weighted by Crippen LogP contribution is 2.19. The summed E-state index contributed by atoms with van der Waals surface area (Å²) in [6, 6.07) is 9.26. The van der Waals surface area contributed by atoms with Gasteiger partial charge in [0.05, 0.1) is 5.92 Å². The Morgan fingerprint density at radius 1 is 1.28 bits per heavy atom. The number of carbonyl (C=O) groups is 2. The Morgan fingerprint density at radius 2 is 1.96 bits per heavy atom. The molecule has 3 N–H and O–H groups in total. The highest BCUT2D eigenvalue weighted by molar-refractivity contribution is 5.94. The lowest BCUT2D eigenvalue weighted by Crippen LogP contribution is -2.49. The molecule has 2 atom stereocenters. The van der Waals surface area contributed by atoms with Gasteiger partial charge in [0.15, 0.2) is 0 Å². The number of hydrogen-bond donors (Lipinski definition) is 2. The van der Waals surface area contributed by atoms with Crippen molar-refractivity contribution in [3.63, 3.8) is 0 Å². The van der Waals surface area contributed by atoms with Crippen LogP contribution in [0.2, 0.25) is 0 Å². The Morgan fingerprint density at radius 3 is 2.56 bits per heavy atom. The summed E-state index contributed by atoms with van der Waals surface area (Å²) in [5, 5.41) is 3.07. The molecule has 0 radical (unpaired) electrons. The average molecular weight is 368 g/mol. The van der Waals surface area contributed by atoms with Gasteiger partial charge in [-0.2, -0.15) is 0 Å². The van der Waals surface area contributed by atoms with Gasteiger partial charge in [0.25, 0.3) is 5.91 Å². The number of hydrogen-bond acceptors (Lipinski definition) is 3. The molecule has 2 amide bonds. The number of rotatable bonds is 6. The normalized spacial score (nSPS) is 18.4. The lowest BCUT2D eigenvalue weighted by molar-refractivity contribution is -0.127. The number of nitrogens with two attached hydrogens (primary N) is 1. The third-order valence-electron chi connectivity index (χ3n) is 4.49. The van der Waals surface area contributed by atoms with Gasteiger partial charge in [0.1, 0.15) is 0 Å². The minimum absolute atomic E-state index is 0. The number of nitrogens with zero attached hydrogens (tertiary/aromatic N) is 1. The minimum atomic E-state index is -0.146. The quantitative estimate of drug-likeness (QED) is 0.810. The van der Waals surface area contributed by atoms with Crippen LogP contribution < -0.4 is 11.1 Å². The molecule has 1 saturated heterocycles. The van der Waals surface area contributed by atoms with Gasteiger partial charge in [-0.05, 0) is 37.3 Å². The third kappa shape index (κ3) is 6.33. The topological polar surface area (TPSA) is 75.4 Å². The van der Waals surface area contributed by atoms with E-state index in [2.05, 4.69) is 19.2 Å². The van der Waals surface area contributed by atoms with Crippen molar-refractivity contribution < 1.29 is 9.59 Å². The molecule has 2 unspecified atom stereocenters. The van der Waals surface area contributed by atoms with Crippen LogP contribution in [0.5, 0.6) is 0 Å². The maximum atomic E-state index is 12.6. The predicted octanol–water partition coefficient (Wildman–Crippen LogP) is 2.45. The predicted molar refractivity (Wildman–Crippen MR) is 103 cm³/mol. The Bertz CT molecular complexity index is 551. The van der Waals surface area contributed by atoms with Crippen molar-refractivity contribution in [1.82, 2.24) is 10.2 Å². The lowest BCUT2D eigenvalue weighted by atomic mass is 9.95. The highest BCUT2D eigenvalue weighted by atomic mass is 35.5. The van der Waals surface area contributed by atoms with E-state index < -0.39 is 0 Å². The summed E-state index contributed by atoms with van der Waals surface area (Å²) in [5.74, 6) is 0.372. The van der Waals surface area contributed by atoms with Crippen LogP contribution in [-0.2, 0) is 4.79 Å². The first-order chi connectivity index (χ1) is 11.5. The zero-order chi connectivity index (χ0) is 17.5. The van der Waals surface area contributed by atoms with Crippen molar-refractivity contribution in [2.75, 3.05) is 19.6 Å². The summed E-state index contributed by atoms with van der Waals surface area (Å²) >= 11 is 0. The molecule has 6 heteroatoms. The van der Waals surface area contributed by atoms with Crippen LogP contribution >= 0.6 is 12.4 Å². The van der Waals surface area contributed by atoms with Gasteiger partial charge < -0.3 is 16.0 Å². The summed E-state index contributed by atoms with van der Waals surface area (Å²) in [4.78, 5) is 26.9. The van der Waals surface area contributed by atoms with E-state index in [4.69, 9.17) is 5.73 Å². The third-order valence-corrected chi connectivity index (χ3v) is 4.49. The number of benzene rings is 1. The van der Waals surface area contributed by atoms with Gasteiger partial charge in [0, 0.05) is 31.2 Å². The molecule has 25 heavy (non-hydrogen) atoms. The van der Waals surface area contributed by atoms with Crippen molar-refractivity contribution in [2.24, 2.45) is 17.6 Å². The van der Waals surface area contributed by atoms with E-state index in [0.717, 1.165) is 19.3 Å². The van der Waals surface area contributed by atoms with Gasteiger partial charge in [-0.25, -0.2) is 0 Å². The standard InChI is InChI=1S/C19H29N3O2.ClH/c1-14(2)11-17(12-20)21-18(23)16-9-6-10-22(13-16)19(24)15-7-4-3-5-8-15;/h3-5,7-8,14,16-17H,6,9-13,20H2,1-2H3,(H,21,23);1H. The van der Waals surface area contributed by atoms with Crippen molar-refractivity contribution in [2.45, 2.75) is 39.2 Å². The molecule has 0 aromatic heterocycles. The van der Waals surface area contributed by atoms with Crippen molar-refractivity contribution in [3.05, 3.63) is 35.9 Å². The summed E-state index contributed by atoms with van der Waals surface area (Å²) in [5.41, 5.74) is 6.45. The van der Waals surface area contributed by atoms with Crippen molar-refractivity contribution in [1.29, 1.82) is 0 Å². The molecule has 1 heterocycles. The fraction of sp³-hybridized carbons (Fsp3) is 0.579. The molecule has 0 aliphatic carbocycles. The Balaban J connectivity index is 0.00000312. The fourth-order valence-electron chi connectivity index (χ4n) is 3.24. The van der Waals surface area contributed by atoms with Crippen LogP contribution in [0.25, 0.3) is 0 Å². The van der Waals surface area contributed by atoms with Crippen LogP contribution in [0.15, 0.2) is 30.3 Å². The molecule has 5 nitrogen and oxygen atoms in total. The van der Waals surface area contributed by atoms with Gasteiger partial charge >= 0.3 is 0 Å². The van der Waals surface area contributed by atoms with Crippen molar-refractivity contribution >= 4 is 24.2 Å². The van der Waals surface area contributed by atoms with E-state index >= 15 is 0 Å². The first-order valence-corrected chi connectivity index (χ1v) is 8.86. The van der Waals surface area contributed by atoms with Crippen LogP contribution in [0.3, 0.4) is 0 Å². The maximum Gasteiger partial charge on any atom is 0.253 e. The smallest absolute Gasteiger partial charge is 0.253 e. The zero-order valence-electron chi connectivity index (χ0n) is 15.1. The Labute approximate surface area is 156 Å². The average Bonchev–Trinajstić information content (AvgIpc) is 2.60. The second-order valence-electron chi connectivity index (χ2n) is 7.03. The second-order valence-corrected chi connectivity index (χ2v) is 7.03. The molecule has 1 aliphatic heterocycles. The number of halogens is 1. The highest BCUT2D eigenvalue weighted by Gasteiger charge is 2.29. The van der Waals surface area contributed by atoms with E-state index in [1.807, 2.05) is 30.3 Å². The number of nitrogens with one attached hydrogen (secondary N) is 1. The van der Waals surface area contributed by atoms with Crippen LogP contribution in [0.4, 0.5) is 0 Å². The van der Waals surface area contributed by atoms with E-state index in [-0.39, 0.29) is 36.2 Å². The van der Waals surface area contributed by atoms with Crippen LogP contribution in [-0.4, -0.2) is 42.4 Å². The largest absolute Gasteiger partial charge is 0.352 e. The second kappa shape index (κ2) is 10.4. The monoisotopic (exact) mass is 367 g/mol. The maximum absolute atomic E-state index is 12.6. The number of likely N-dealkylation sites (tertiary alicyclic amines) is 1. The molecule has 2 rings (SSSR count). The van der Waals surface area contributed by atoms with Gasteiger partial charge in [-0.1, -0.05) is 32.0 Å². The van der Waals surface area contributed by atoms with E-state index in [1.54, 1.807) is 4.90 Å². The van der Waals surface area contributed by atoms with E-state index in [1.165, 1.54) is 0 Å². The van der Waals surface area contributed by atoms with Crippen LogP contribution in [0.1, 0.15) is 43.5 Å². The Hall–Kier alpha value is -1.59. The molecule has 1 aromatic rings. The number of amides is 2. The molecule has 0 spiro atoms. The molecular formula is C19H30ClN3O2. The SMILES string of the molecule is CC(C)CC(CN)NC(=O)C1CCCN(C(=O)c2ccccc2)C1.Cl. The Kier molecular flexibility index (Phi) is 8.93. The molecule has 140 valence electrons. The molecule has 0 saturated carbocycles. The van der Waals surface area contributed by atoms with Gasteiger partial charge in [0.2, 0.25) is 5.91 Å². The number of carbonyl (C=O) groups excluding carboxylic acids is 2. The summed E-state index contributed by atoms with van der Waals surface area (Å²) in [7, 11) is 0. The lowest BCUT2D eigenvalue weighted by Gasteiger charge is -2.33. The van der Waals surface area contributed by atoms with Crippen molar-refractivity contribution in [3.8, 4) is 0 Å². The zero-order valence-corrected chi connectivity index (χ0v) is 15.9. The summed E-state index contributed by atoms with van der Waals surface area (Å²) in [6.45, 7) is 5.89. The van der Waals surface area contributed by atoms with Gasteiger partial charge in [-0.3, -0.25) is 9.59 Å². The molecule has 0 bridgehead atoms. The van der Waals surface area contributed by atoms with Crippen LogP contribution in [0, 0.1) is 11.8 Å². The molecule has 1 aromatic carbocycles. The fourth-order valence-corrected chi connectivity index (χ4v) is 3.24. The molecule has 1 fully saturated rings. The summed E-state index contributed by atoms with van der Waals surface area (Å²) in [6.07, 6.45) is 2.55. The van der Waals surface area contributed by atoms with E-state index in [0.29, 0.717) is 31.1 Å².